The molecular formula is C18H28BrIN4O2. The van der Waals surface area contributed by atoms with Crippen LogP contribution in [0.25, 0.3) is 0 Å². The monoisotopic (exact) mass is 538 g/mol. The third-order valence-electron chi connectivity index (χ3n) is 4.34. The van der Waals surface area contributed by atoms with Crippen LogP contribution in [0.5, 0.6) is 0 Å². The molecule has 1 aliphatic heterocycles. The van der Waals surface area contributed by atoms with Crippen LogP contribution >= 0.6 is 39.9 Å². The number of hydrogen-bond donors (Lipinski definition) is 2. The number of piperidine rings is 1. The molecule has 2 N–H and O–H groups in total. The zero-order chi connectivity index (χ0) is 18.2. The van der Waals surface area contributed by atoms with Crippen LogP contribution in [0.15, 0.2) is 27.7 Å². The van der Waals surface area contributed by atoms with Gasteiger partial charge < -0.3 is 20.3 Å². The summed E-state index contributed by atoms with van der Waals surface area (Å²) in [6, 6.07) is 6.57. The Hall–Kier alpha value is -1.03. The summed E-state index contributed by atoms with van der Waals surface area (Å²) < 4.78 is 6.14. The zero-order valence-electron chi connectivity index (χ0n) is 15.5. The second-order valence-electron chi connectivity index (χ2n) is 6.10. The zero-order valence-corrected chi connectivity index (χ0v) is 19.5. The number of hydrogen-bond acceptors (Lipinski definition) is 3. The fourth-order valence-corrected chi connectivity index (χ4v) is 3.32. The van der Waals surface area contributed by atoms with Crippen molar-refractivity contribution in [3.63, 3.8) is 0 Å². The van der Waals surface area contributed by atoms with Crippen LogP contribution in [0.4, 0.5) is 4.79 Å². The highest BCUT2D eigenvalue weighted by atomic mass is 127. The molecule has 6 nitrogen and oxygen atoms in total. The van der Waals surface area contributed by atoms with Crippen LogP contribution in [0.3, 0.4) is 0 Å². The maximum Gasteiger partial charge on any atom is 0.409 e. The van der Waals surface area contributed by atoms with Crippen molar-refractivity contribution < 1.29 is 9.53 Å². The third kappa shape index (κ3) is 6.94. The molecule has 26 heavy (non-hydrogen) atoms. The lowest BCUT2D eigenvalue weighted by Crippen LogP contribution is -2.49. The summed E-state index contributed by atoms with van der Waals surface area (Å²) in [5.74, 6) is 0.789. The molecule has 0 spiro atoms. The number of guanidine groups is 1. The summed E-state index contributed by atoms with van der Waals surface area (Å²) in [6.45, 7) is 6.49. The van der Waals surface area contributed by atoms with Gasteiger partial charge in [0.2, 0.25) is 0 Å². The van der Waals surface area contributed by atoms with E-state index in [1.54, 1.807) is 11.9 Å². The molecule has 1 fully saturated rings. The van der Waals surface area contributed by atoms with E-state index in [9.17, 15) is 4.79 Å². The summed E-state index contributed by atoms with van der Waals surface area (Å²) in [5, 5.41) is 6.81. The van der Waals surface area contributed by atoms with Gasteiger partial charge in [0.1, 0.15) is 0 Å². The lowest BCUT2D eigenvalue weighted by molar-refractivity contribution is 0.0963. The molecule has 1 aromatic rings. The van der Waals surface area contributed by atoms with Gasteiger partial charge in [-0.3, -0.25) is 4.99 Å². The predicted octanol–water partition coefficient (Wildman–Crippen LogP) is 3.66. The van der Waals surface area contributed by atoms with Crippen LogP contribution in [-0.2, 0) is 11.3 Å². The number of amides is 1. The SMILES string of the molecule is CCOC(=O)N1CCC(NC(=NC)NCc2ccc(Br)cc2C)CC1.I. The molecule has 0 aromatic heterocycles. The minimum absolute atomic E-state index is 0. The first kappa shape index (κ1) is 23.0. The highest BCUT2D eigenvalue weighted by Gasteiger charge is 2.24. The van der Waals surface area contributed by atoms with E-state index in [0.717, 1.165) is 29.8 Å². The topological polar surface area (TPSA) is 66.0 Å². The number of benzene rings is 1. The Labute approximate surface area is 181 Å². The number of carbonyl (C=O) groups is 1. The highest BCUT2D eigenvalue weighted by Crippen LogP contribution is 2.16. The van der Waals surface area contributed by atoms with Crippen LogP contribution in [0.1, 0.15) is 30.9 Å². The molecule has 1 aromatic carbocycles. The van der Waals surface area contributed by atoms with Gasteiger partial charge in [0, 0.05) is 37.2 Å². The van der Waals surface area contributed by atoms with E-state index in [-0.39, 0.29) is 30.1 Å². The van der Waals surface area contributed by atoms with Crippen molar-refractivity contribution in [2.24, 2.45) is 4.99 Å². The van der Waals surface area contributed by atoms with E-state index in [4.69, 9.17) is 4.74 Å². The molecule has 146 valence electrons. The van der Waals surface area contributed by atoms with E-state index in [2.05, 4.69) is 50.6 Å². The van der Waals surface area contributed by atoms with E-state index in [1.807, 2.05) is 13.0 Å². The summed E-state index contributed by atoms with van der Waals surface area (Å²) in [6.07, 6.45) is 1.56. The Bertz CT molecular complexity index is 619. The van der Waals surface area contributed by atoms with E-state index in [1.165, 1.54) is 11.1 Å². The normalized spacial score (nSPS) is 15.2. The number of aryl methyl sites for hydroxylation is 1. The first-order valence-electron chi connectivity index (χ1n) is 8.67. The molecule has 0 radical (unpaired) electrons. The van der Waals surface area contributed by atoms with Crippen LogP contribution in [0.2, 0.25) is 0 Å². The Morgan fingerprint density at radius 3 is 2.65 bits per heavy atom. The molecule has 1 saturated heterocycles. The molecule has 0 bridgehead atoms. The Kier molecular flexibility index (Phi) is 10.3. The number of aliphatic imine (C=N–C) groups is 1. The molecule has 2 rings (SSSR count). The van der Waals surface area contributed by atoms with Gasteiger partial charge in [-0.05, 0) is 49.9 Å². The first-order valence-corrected chi connectivity index (χ1v) is 9.46. The van der Waals surface area contributed by atoms with Crippen molar-refractivity contribution in [3.05, 3.63) is 33.8 Å². The third-order valence-corrected chi connectivity index (χ3v) is 4.83. The number of ether oxygens (including phenoxy) is 1. The quantitative estimate of drug-likeness (QED) is 0.349. The smallest absolute Gasteiger partial charge is 0.409 e. The van der Waals surface area contributed by atoms with Crippen molar-refractivity contribution in [2.45, 2.75) is 39.3 Å². The molecule has 8 heteroatoms. The number of likely N-dealkylation sites (tertiary alicyclic amines) is 1. The summed E-state index contributed by atoms with van der Waals surface area (Å²) in [4.78, 5) is 17.8. The van der Waals surface area contributed by atoms with E-state index in [0.29, 0.717) is 25.7 Å². The largest absolute Gasteiger partial charge is 0.450 e. The average molecular weight is 539 g/mol. The lowest BCUT2D eigenvalue weighted by Gasteiger charge is -2.32. The van der Waals surface area contributed by atoms with Gasteiger partial charge in [-0.1, -0.05) is 22.0 Å². The molecule has 1 aliphatic rings. The maximum absolute atomic E-state index is 11.7. The molecule has 0 atom stereocenters. The number of carbonyl (C=O) groups excluding carboxylic acids is 1. The minimum Gasteiger partial charge on any atom is -0.450 e. The fraction of sp³-hybridized carbons (Fsp3) is 0.556. The molecule has 0 unspecified atom stereocenters. The van der Waals surface area contributed by atoms with Crippen molar-refractivity contribution in [2.75, 3.05) is 26.7 Å². The Balaban J connectivity index is 0.00000338. The van der Waals surface area contributed by atoms with Gasteiger partial charge in [0.05, 0.1) is 6.61 Å². The molecule has 0 aliphatic carbocycles. The van der Waals surface area contributed by atoms with Crippen molar-refractivity contribution in [1.29, 1.82) is 0 Å². The predicted molar refractivity (Wildman–Crippen MR) is 119 cm³/mol. The van der Waals surface area contributed by atoms with Crippen molar-refractivity contribution in [3.8, 4) is 0 Å². The van der Waals surface area contributed by atoms with Crippen molar-refractivity contribution >= 4 is 52.0 Å². The summed E-state index contributed by atoms with van der Waals surface area (Å²) >= 11 is 3.49. The van der Waals surface area contributed by atoms with Gasteiger partial charge >= 0.3 is 6.09 Å². The second kappa shape index (κ2) is 11.6. The number of halogens is 2. The van der Waals surface area contributed by atoms with Crippen LogP contribution < -0.4 is 10.6 Å². The fourth-order valence-electron chi connectivity index (χ4n) is 2.85. The molecule has 1 heterocycles. The maximum atomic E-state index is 11.7. The molecule has 1 amide bonds. The van der Waals surface area contributed by atoms with Gasteiger partial charge in [-0.2, -0.15) is 0 Å². The molecule has 0 saturated carbocycles. The second-order valence-corrected chi connectivity index (χ2v) is 7.02. The van der Waals surface area contributed by atoms with Gasteiger partial charge in [-0.25, -0.2) is 4.79 Å². The molecular weight excluding hydrogens is 511 g/mol. The first-order chi connectivity index (χ1) is 12.0. The number of nitrogens with one attached hydrogen (secondary N) is 2. The number of nitrogens with zero attached hydrogens (tertiary/aromatic N) is 2. The van der Waals surface area contributed by atoms with E-state index < -0.39 is 0 Å². The van der Waals surface area contributed by atoms with Gasteiger partial charge in [-0.15, -0.1) is 24.0 Å². The Morgan fingerprint density at radius 2 is 2.08 bits per heavy atom. The van der Waals surface area contributed by atoms with Gasteiger partial charge in [0.15, 0.2) is 5.96 Å². The number of rotatable bonds is 4. The lowest BCUT2D eigenvalue weighted by atomic mass is 10.1. The van der Waals surface area contributed by atoms with Crippen molar-refractivity contribution in [1.82, 2.24) is 15.5 Å². The van der Waals surface area contributed by atoms with Crippen LogP contribution in [-0.4, -0.2) is 49.7 Å². The van der Waals surface area contributed by atoms with Crippen LogP contribution in [0, 0.1) is 6.92 Å². The Morgan fingerprint density at radius 1 is 1.38 bits per heavy atom. The summed E-state index contributed by atoms with van der Waals surface area (Å²) in [5.41, 5.74) is 2.48. The average Bonchev–Trinajstić information content (AvgIpc) is 2.60. The van der Waals surface area contributed by atoms with E-state index >= 15 is 0 Å². The minimum atomic E-state index is -0.214. The summed E-state index contributed by atoms with van der Waals surface area (Å²) in [7, 11) is 1.78. The van der Waals surface area contributed by atoms with Gasteiger partial charge in [0.25, 0.3) is 0 Å². The standard InChI is InChI=1S/C18H27BrN4O2.HI/c1-4-25-18(24)23-9-7-16(8-10-23)22-17(20-3)21-12-14-5-6-15(19)11-13(14)2;/h5-6,11,16H,4,7-10,12H2,1-3H3,(H2,20,21,22);1H. The highest BCUT2D eigenvalue weighted by molar-refractivity contribution is 14.0.